The number of aliphatic hydroxyl groups is 1. The average molecular weight is 603 g/mol. The molecule has 1 unspecified atom stereocenters. The van der Waals surface area contributed by atoms with Gasteiger partial charge in [-0.05, 0) is 56.0 Å². The molecule has 12 heteroatoms. The van der Waals surface area contributed by atoms with Crippen molar-refractivity contribution in [2.45, 2.75) is 62.6 Å². The highest BCUT2D eigenvalue weighted by Gasteiger charge is 2.33. The Balaban J connectivity index is 1.48. The number of benzene rings is 2. The molecule has 2 amide bonds. The lowest BCUT2D eigenvalue weighted by molar-refractivity contribution is -0.131. The molecule has 3 N–H and O–H groups in total. The fraction of sp³-hybridized carbons (Fsp3) is 0.533. The van der Waals surface area contributed by atoms with Crippen molar-refractivity contribution in [1.29, 1.82) is 0 Å². The number of carbonyl (C=O) groups excluding carboxylic acids is 2. The summed E-state index contributed by atoms with van der Waals surface area (Å²) in [6, 6.07) is 12.1. The van der Waals surface area contributed by atoms with Crippen molar-refractivity contribution in [2.24, 2.45) is 5.92 Å². The molecule has 1 fully saturated rings. The van der Waals surface area contributed by atoms with Crippen LogP contribution in [0.1, 0.15) is 38.7 Å². The Morgan fingerprint density at radius 1 is 1.05 bits per heavy atom. The number of ether oxygens (including phenoxy) is 2. The van der Waals surface area contributed by atoms with Crippen LogP contribution in [0.4, 0.5) is 0 Å². The third-order valence-corrected chi connectivity index (χ3v) is 9.78. The Bertz CT molecular complexity index is 1320. The summed E-state index contributed by atoms with van der Waals surface area (Å²) in [5.74, 6) is 0.0105. The first kappa shape index (κ1) is 31.7. The van der Waals surface area contributed by atoms with Crippen LogP contribution in [0.15, 0.2) is 53.4 Å². The van der Waals surface area contributed by atoms with Crippen molar-refractivity contribution < 1.29 is 32.6 Å². The molecule has 0 aromatic heterocycles. The number of hydrogen-bond acceptors (Lipinski definition) is 8. The largest absolute Gasteiger partial charge is 0.454 e. The molecule has 4 atom stereocenters. The van der Waals surface area contributed by atoms with Gasteiger partial charge < -0.3 is 25.2 Å². The number of carbonyl (C=O) groups is 2. The van der Waals surface area contributed by atoms with Crippen LogP contribution in [-0.2, 0) is 26.0 Å². The van der Waals surface area contributed by atoms with Gasteiger partial charge in [-0.25, -0.2) is 8.42 Å². The van der Waals surface area contributed by atoms with Gasteiger partial charge >= 0.3 is 0 Å². The zero-order chi connectivity index (χ0) is 30.3. The van der Waals surface area contributed by atoms with Crippen molar-refractivity contribution in [3.05, 3.63) is 54.1 Å². The number of sulfonamides is 1. The molecule has 11 nitrogen and oxygen atoms in total. The van der Waals surface area contributed by atoms with E-state index in [4.69, 9.17) is 9.47 Å². The molecule has 0 spiro atoms. The van der Waals surface area contributed by atoms with Gasteiger partial charge in [0.15, 0.2) is 11.5 Å². The predicted octanol–water partition coefficient (Wildman–Crippen LogP) is 1.75. The maximum atomic E-state index is 13.6. The monoisotopic (exact) mass is 602 g/mol. The summed E-state index contributed by atoms with van der Waals surface area (Å²) < 4.78 is 38.4. The molecular formula is C30H42N4O7S. The zero-order valence-electron chi connectivity index (χ0n) is 24.5. The number of hydrogen-bond donors (Lipinski definition) is 3. The number of aliphatic hydroxyl groups excluding tert-OH is 1. The van der Waals surface area contributed by atoms with Crippen molar-refractivity contribution in [1.82, 2.24) is 19.8 Å². The van der Waals surface area contributed by atoms with Crippen LogP contribution in [-0.4, -0.2) is 92.8 Å². The molecule has 4 rings (SSSR count). The number of rotatable bonds is 14. The summed E-state index contributed by atoms with van der Waals surface area (Å²) in [6.07, 6.45) is 1.78. The van der Waals surface area contributed by atoms with Gasteiger partial charge in [0.25, 0.3) is 0 Å². The van der Waals surface area contributed by atoms with Crippen molar-refractivity contribution in [2.75, 3.05) is 40.0 Å². The summed E-state index contributed by atoms with van der Waals surface area (Å²) in [5, 5.41) is 17.2. The number of nitrogens with zero attached hydrogens (tertiary/aromatic N) is 2. The minimum absolute atomic E-state index is 0.00245. The van der Waals surface area contributed by atoms with E-state index in [1.165, 1.54) is 25.2 Å². The van der Waals surface area contributed by atoms with E-state index in [0.717, 1.165) is 35.8 Å². The standard InChI is InChI=1S/C30H42N4O7S/c1-4-21(2)29(32-28(36)19-34-14-8-9-15-34)30(37)31-24(16-22-10-6-5-7-11-22)25(35)18-33(3)42(38,39)23-12-13-26-27(17-23)41-20-40-26/h5-7,10-13,17,21,24-25,29,35H,4,8-9,14-16,18-20H2,1-3H3,(H,31,37)(H,32,36)/t21?,24-,25+,29-/m0/s1. The van der Waals surface area contributed by atoms with Gasteiger partial charge in [0, 0.05) is 19.7 Å². The van der Waals surface area contributed by atoms with Crippen LogP contribution < -0.4 is 20.1 Å². The van der Waals surface area contributed by atoms with Crippen molar-refractivity contribution in [3.63, 3.8) is 0 Å². The average Bonchev–Trinajstić information content (AvgIpc) is 3.67. The van der Waals surface area contributed by atoms with Gasteiger partial charge in [-0.3, -0.25) is 14.5 Å². The maximum Gasteiger partial charge on any atom is 0.243 e. The van der Waals surface area contributed by atoms with Crippen LogP contribution in [0, 0.1) is 5.92 Å². The summed E-state index contributed by atoms with van der Waals surface area (Å²) in [5.41, 5.74) is 0.862. The van der Waals surface area contributed by atoms with Crippen LogP contribution in [0.5, 0.6) is 11.5 Å². The van der Waals surface area contributed by atoms with Gasteiger partial charge in [0.05, 0.1) is 23.6 Å². The van der Waals surface area contributed by atoms with Gasteiger partial charge in [-0.1, -0.05) is 50.6 Å². The molecule has 2 aromatic carbocycles. The number of likely N-dealkylation sites (tertiary alicyclic amines) is 1. The van der Waals surface area contributed by atoms with Crippen LogP contribution in [0.25, 0.3) is 0 Å². The third-order valence-electron chi connectivity index (χ3n) is 7.96. The summed E-state index contributed by atoms with van der Waals surface area (Å²) >= 11 is 0. The van der Waals surface area contributed by atoms with Gasteiger partial charge in [-0.15, -0.1) is 0 Å². The molecule has 2 aromatic rings. The second kappa shape index (κ2) is 14.3. The number of likely N-dealkylation sites (N-methyl/N-ethyl adjacent to an activating group) is 1. The first-order valence-corrected chi connectivity index (χ1v) is 15.9. The molecule has 0 saturated carbocycles. The molecule has 230 valence electrons. The van der Waals surface area contributed by atoms with Crippen LogP contribution >= 0.6 is 0 Å². The lowest BCUT2D eigenvalue weighted by Crippen LogP contribution is -2.57. The van der Waals surface area contributed by atoms with E-state index in [0.29, 0.717) is 17.9 Å². The number of amides is 2. The van der Waals surface area contributed by atoms with Gasteiger partial charge in [0.1, 0.15) is 6.04 Å². The molecule has 1 saturated heterocycles. The number of fused-ring (bicyclic) bond motifs is 1. The molecule has 0 aliphatic carbocycles. The lowest BCUT2D eigenvalue weighted by atomic mass is 9.96. The minimum atomic E-state index is -3.99. The quantitative estimate of drug-likeness (QED) is 0.298. The highest BCUT2D eigenvalue weighted by molar-refractivity contribution is 7.89. The van der Waals surface area contributed by atoms with E-state index in [1.807, 2.05) is 44.2 Å². The van der Waals surface area contributed by atoms with E-state index in [2.05, 4.69) is 15.5 Å². The SMILES string of the molecule is CCC(C)[C@H](NC(=O)CN1CCCC1)C(=O)N[C@@H](Cc1ccccc1)[C@H](O)CN(C)S(=O)(=O)c1ccc2c(c1)OCO2. The zero-order valence-corrected chi connectivity index (χ0v) is 25.3. The Kier molecular flexibility index (Phi) is 10.8. The minimum Gasteiger partial charge on any atom is -0.454 e. The van der Waals surface area contributed by atoms with E-state index in [-0.39, 0.29) is 43.0 Å². The molecule has 2 heterocycles. The Morgan fingerprint density at radius 3 is 2.43 bits per heavy atom. The van der Waals surface area contributed by atoms with E-state index < -0.39 is 34.1 Å². The van der Waals surface area contributed by atoms with E-state index >= 15 is 0 Å². The smallest absolute Gasteiger partial charge is 0.243 e. The summed E-state index contributed by atoms with van der Waals surface area (Å²) in [7, 11) is -2.61. The normalized spacial score (nSPS) is 17.9. The highest BCUT2D eigenvalue weighted by atomic mass is 32.2. The third kappa shape index (κ3) is 8.00. The fourth-order valence-electron chi connectivity index (χ4n) is 5.19. The number of nitrogens with one attached hydrogen (secondary N) is 2. The summed E-state index contributed by atoms with van der Waals surface area (Å²) in [6.45, 7) is 5.55. The summed E-state index contributed by atoms with van der Waals surface area (Å²) in [4.78, 5) is 28.5. The van der Waals surface area contributed by atoms with E-state index in [9.17, 15) is 23.1 Å². The van der Waals surface area contributed by atoms with Crippen LogP contribution in [0.3, 0.4) is 0 Å². The van der Waals surface area contributed by atoms with Crippen molar-refractivity contribution in [3.8, 4) is 11.5 Å². The molecular weight excluding hydrogens is 560 g/mol. The van der Waals surface area contributed by atoms with Crippen molar-refractivity contribution >= 4 is 21.8 Å². The lowest BCUT2D eigenvalue weighted by Gasteiger charge is -2.31. The maximum absolute atomic E-state index is 13.6. The second-order valence-corrected chi connectivity index (χ2v) is 13.1. The predicted molar refractivity (Wildman–Crippen MR) is 158 cm³/mol. The van der Waals surface area contributed by atoms with E-state index in [1.54, 1.807) is 0 Å². The van der Waals surface area contributed by atoms with Crippen LogP contribution in [0.2, 0.25) is 0 Å². The molecule has 2 aliphatic heterocycles. The molecule has 2 aliphatic rings. The Morgan fingerprint density at radius 2 is 1.74 bits per heavy atom. The first-order valence-electron chi connectivity index (χ1n) is 14.5. The fourth-order valence-corrected chi connectivity index (χ4v) is 6.40. The Hall–Kier alpha value is -3.19. The molecule has 0 radical (unpaired) electrons. The Labute approximate surface area is 248 Å². The topological polar surface area (TPSA) is 138 Å². The van der Waals surface area contributed by atoms with Gasteiger partial charge in [-0.2, -0.15) is 4.31 Å². The molecule has 0 bridgehead atoms. The molecule has 42 heavy (non-hydrogen) atoms. The van der Waals surface area contributed by atoms with Gasteiger partial charge in [0.2, 0.25) is 28.6 Å². The highest BCUT2D eigenvalue weighted by Crippen LogP contribution is 2.34. The second-order valence-electron chi connectivity index (χ2n) is 11.1. The first-order chi connectivity index (χ1) is 20.1.